The van der Waals surface area contributed by atoms with Crippen LogP contribution in [-0.2, 0) is 4.79 Å². The molecule has 0 bridgehead atoms. The van der Waals surface area contributed by atoms with Crippen molar-refractivity contribution in [2.24, 2.45) is 5.11 Å². The van der Waals surface area contributed by atoms with Crippen molar-refractivity contribution >= 4 is 5.97 Å². The van der Waals surface area contributed by atoms with E-state index in [9.17, 15) is 4.79 Å². The first-order valence-corrected chi connectivity index (χ1v) is 2.97. The zero-order valence-electron chi connectivity index (χ0n) is 6.65. The van der Waals surface area contributed by atoms with Crippen LogP contribution in [-0.4, -0.2) is 17.1 Å². The lowest BCUT2D eigenvalue weighted by atomic mass is 10.2. The minimum absolute atomic E-state index is 0.418. The molecule has 0 spiro atoms. The van der Waals surface area contributed by atoms with E-state index in [1.54, 1.807) is 0 Å². The van der Waals surface area contributed by atoms with Gasteiger partial charge in [-0.25, -0.2) is 0 Å². The number of azide groups is 1. The molecule has 0 heterocycles. The second-order valence-corrected chi connectivity index (χ2v) is 1.83. The molecule has 56 valence electrons. The highest BCUT2D eigenvalue weighted by atomic mass is 16.4. The summed E-state index contributed by atoms with van der Waals surface area (Å²) in [5.41, 5.74) is 8.00. The SMILES string of the molecule is [2H]OC(=O)C(CCC)N=[N+]=[N-]. The molecule has 10 heavy (non-hydrogen) atoms. The van der Waals surface area contributed by atoms with Crippen molar-refractivity contribution in [3.05, 3.63) is 10.4 Å². The summed E-state index contributed by atoms with van der Waals surface area (Å²) in [5, 5.41) is 6.83. The third-order valence-electron chi connectivity index (χ3n) is 1.03. The van der Waals surface area contributed by atoms with Gasteiger partial charge in [-0.1, -0.05) is 18.5 Å². The van der Waals surface area contributed by atoms with E-state index >= 15 is 0 Å². The molecule has 0 aliphatic rings. The van der Waals surface area contributed by atoms with Gasteiger partial charge in [-0.05, 0) is 12.0 Å². The van der Waals surface area contributed by atoms with Crippen molar-refractivity contribution in [2.45, 2.75) is 25.8 Å². The van der Waals surface area contributed by atoms with Crippen LogP contribution in [0.1, 0.15) is 19.8 Å². The van der Waals surface area contributed by atoms with E-state index in [4.69, 9.17) is 6.96 Å². The van der Waals surface area contributed by atoms with Crippen LogP contribution in [0.25, 0.3) is 11.9 Å². The number of hydrogen-bond donors (Lipinski definition) is 1. The first-order valence-electron chi connectivity index (χ1n) is 3.38. The highest BCUT2D eigenvalue weighted by molar-refractivity contribution is 5.73. The van der Waals surface area contributed by atoms with Crippen molar-refractivity contribution in [3.63, 3.8) is 0 Å². The monoisotopic (exact) mass is 144 g/mol. The second kappa shape index (κ2) is 4.64. The Morgan fingerprint density at radius 1 is 2.10 bits per heavy atom. The van der Waals surface area contributed by atoms with Gasteiger partial charge in [0.2, 0.25) is 0 Å². The number of hydrogen-bond acceptors (Lipinski definition) is 3. The normalized spacial score (nSPS) is 12.7. The number of carboxylic acid groups (broad SMARTS) is 1. The van der Waals surface area contributed by atoms with Crippen LogP contribution in [0.15, 0.2) is 5.11 Å². The molecule has 1 N–H and O–H groups in total. The van der Waals surface area contributed by atoms with Gasteiger partial charge in [0.05, 0.1) is 0 Å². The van der Waals surface area contributed by atoms with E-state index in [0.717, 1.165) is 0 Å². The predicted octanol–water partition coefficient (Wildman–Crippen LogP) is 1.55. The Bertz CT molecular complexity index is 179. The third kappa shape index (κ3) is 2.94. The van der Waals surface area contributed by atoms with Gasteiger partial charge >= 0.3 is 5.97 Å². The van der Waals surface area contributed by atoms with Crippen molar-refractivity contribution in [2.75, 3.05) is 0 Å². The van der Waals surface area contributed by atoms with Crippen LogP contribution < -0.4 is 0 Å². The van der Waals surface area contributed by atoms with E-state index in [0.29, 0.717) is 12.8 Å². The van der Waals surface area contributed by atoms with Crippen molar-refractivity contribution < 1.29 is 9.90 Å². The predicted molar refractivity (Wildman–Crippen MR) is 35.5 cm³/mol. The summed E-state index contributed by atoms with van der Waals surface area (Å²) in [6.07, 6.45) is 1.13. The molecule has 0 saturated heterocycles. The van der Waals surface area contributed by atoms with E-state index < -0.39 is 12.0 Å². The first-order chi connectivity index (χ1) is 5.26. The van der Waals surface area contributed by atoms with Gasteiger partial charge in [-0.15, -0.1) is 0 Å². The lowest BCUT2D eigenvalue weighted by molar-refractivity contribution is -0.138. The summed E-state index contributed by atoms with van der Waals surface area (Å²) in [4.78, 5) is 13.1. The third-order valence-corrected chi connectivity index (χ3v) is 1.03. The maximum Gasteiger partial charge on any atom is 0.312 e. The number of aliphatic carboxylic acids is 1. The summed E-state index contributed by atoms with van der Waals surface area (Å²) < 4.78 is 6.26. The molecule has 5 nitrogen and oxygen atoms in total. The number of rotatable bonds is 4. The van der Waals surface area contributed by atoms with E-state index in [1.165, 1.54) is 0 Å². The molecule has 0 rings (SSSR count). The molecule has 0 saturated carbocycles. The van der Waals surface area contributed by atoms with Crippen LogP contribution in [0.2, 0.25) is 0 Å². The van der Waals surface area contributed by atoms with Crippen LogP contribution in [0, 0.1) is 0 Å². The minimum atomic E-state index is -0.845. The van der Waals surface area contributed by atoms with E-state index in [1.807, 2.05) is 6.92 Å². The van der Waals surface area contributed by atoms with Crippen LogP contribution in [0.3, 0.4) is 0 Å². The molecular weight excluding hydrogens is 134 g/mol. The molecule has 0 aliphatic heterocycles. The summed E-state index contributed by atoms with van der Waals surface area (Å²) in [6.45, 7) is 1.84. The number of carbonyl (C=O) groups is 1. The maximum atomic E-state index is 10.6. The lowest BCUT2D eigenvalue weighted by Crippen LogP contribution is -2.16. The molecule has 0 fully saturated rings. The zero-order valence-corrected chi connectivity index (χ0v) is 5.65. The van der Waals surface area contributed by atoms with Gasteiger partial charge in [0.25, 0.3) is 1.43 Å². The van der Waals surface area contributed by atoms with Gasteiger partial charge in [-0.2, -0.15) is 0 Å². The minimum Gasteiger partial charge on any atom is -0.481 e. The maximum absolute atomic E-state index is 10.6. The summed E-state index contributed by atoms with van der Waals surface area (Å²) in [5.74, 6) is -0.801. The molecule has 0 radical (unpaired) electrons. The Morgan fingerprint density at radius 3 is 3.20 bits per heavy atom. The standard InChI is InChI=1S/C5H9N3O2/c1-2-3-4(5(9)10)7-8-6/h4H,2-3H2,1H3,(H,9,10)/i/hD. The largest absolute Gasteiger partial charge is 0.481 e. The van der Waals surface area contributed by atoms with Crippen molar-refractivity contribution in [3.8, 4) is 0 Å². The Kier molecular flexibility index (Phi) is 3.20. The molecule has 0 aliphatic carbocycles. The lowest BCUT2D eigenvalue weighted by Gasteiger charge is -2.00. The molecule has 0 aromatic heterocycles. The summed E-state index contributed by atoms with van der Waals surface area (Å²) in [7, 11) is 0. The first kappa shape index (κ1) is 6.89. The van der Waals surface area contributed by atoms with Gasteiger partial charge in [-0.3, -0.25) is 4.79 Å². The van der Waals surface area contributed by atoms with Gasteiger partial charge in [0.15, 0.2) is 0 Å². The Balaban J connectivity index is 4.08. The number of nitrogens with zero attached hydrogens (tertiary/aromatic N) is 3. The molecule has 0 aromatic rings. The van der Waals surface area contributed by atoms with Gasteiger partial charge < -0.3 is 5.11 Å². The molecular formula is C5H9N3O2. The van der Waals surface area contributed by atoms with Crippen molar-refractivity contribution in [1.29, 1.82) is 1.43 Å². The molecule has 0 aromatic carbocycles. The van der Waals surface area contributed by atoms with Gasteiger partial charge in [0, 0.05) is 4.91 Å². The van der Waals surface area contributed by atoms with Crippen LogP contribution in [0.5, 0.6) is 0 Å². The highest BCUT2D eigenvalue weighted by Crippen LogP contribution is 2.01. The Hall–Kier alpha value is -1.22. The second-order valence-electron chi connectivity index (χ2n) is 1.83. The Labute approximate surface area is 59.8 Å². The molecule has 1 atom stereocenters. The Morgan fingerprint density at radius 2 is 2.80 bits per heavy atom. The number of carboxylic acids is 1. The molecule has 1 unspecified atom stereocenters. The average molecular weight is 144 g/mol. The van der Waals surface area contributed by atoms with Crippen molar-refractivity contribution in [1.82, 2.24) is 0 Å². The van der Waals surface area contributed by atoms with Crippen LogP contribution in [0.4, 0.5) is 0 Å². The zero-order chi connectivity index (χ0) is 8.69. The fraction of sp³-hybridized carbons (Fsp3) is 0.800. The fourth-order valence-corrected chi connectivity index (χ4v) is 0.558. The average Bonchev–Trinajstić information content (AvgIpc) is 2.03. The van der Waals surface area contributed by atoms with E-state index in [2.05, 4.69) is 15.1 Å². The summed E-state index contributed by atoms with van der Waals surface area (Å²) >= 11 is 0. The van der Waals surface area contributed by atoms with E-state index in [-0.39, 0.29) is 0 Å². The summed E-state index contributed by atoms with van der Waals surface area (Å²) in [6, 6.07) is -0.845. The molecule has 0 amide bonds. The quantitative estimate of drug-likeness (QED) is 0.368. The fourth-order valence-electron chi connectivity index (χ4n) is 0.558. The smallest absolute Gasteiger partial charge is 0.312 e. The topological polar surface area (TPSA) is 86.1 Å². The van der Waals surface area contributed by atoms with Crippen LogP contribution >= 0.6 is 0 Å². The molecule has 5 heteroatoms. The highest BCUT2D eigenvalue weighted by Gasteiger charge is 2.12. The van der Waals surface area contributed by atoms with Gasteiger partial charge in [0.1, 0.15) is 6.04 Å².